The molecule has 0 aromatic carbocycles. The smallest absolute Gasteiger partial charge is 0.316 e. The van der Waals surface area contributed by atoms with E-state index >= 15 is 0 Å². The first-order valence-corrected chi connectivity index (χ1v) is 9.62. The highest BCUT2D eigenvalue weighted by molar-refractivity contribution is 7.99. The number of carbonyl (C=O) groups is 2. The van der Waals surface area contributed by atoms with Crippen LogP contribution in [0.5, 0.6) is 0 Å². The number of thioether (sulfide) groups is 1. The van der Waals surface area contributed by atoms with Crippen molar-refractivity contribution in [3.63, 3.8) is 0 Å². The molecule has 0 aliphatic heterocycles. The van der Waals surface area contributed by atoms with Crippen molar-refractivity contribution in [1.82, 2.24) is 14.8 Å². The third kappa shape index (κ3) is 4.45. The minimum atomic E-state index is -0.753. The van der Waals surface area contributed by atoms with Gasteiger partial charge in [-0.15, -0.1) is 10.2 Å². The van der Waals surface area contributed by atoms with Crippen LogP contribution in [-0.2, 0) is 14.3 Å². The van der Waals surface area contributed by atoms with Gasteiger partial charge in [0.05, 0.1) is 12.4 Å². The first-order valence-electron chi connectivity index (χ1n) is 8.63. The maximum atomic E-state index is 12.9. The van der Waals surface area contributed by atoms with Gasteiger partial charge in [0.25, 0.3) is 0 Å². The number of hydrogen-bond donors (Lipinski definition) is 2. The van der Waals surface area contributed by atoms with Crippen LogP contribution >= 0.6 is 11.8 Å². The Hall–Kier alpha value is -3.00. The lowest BCUT2D eigenvalue weighted by Gasteiger charge is -2.18. The van der Waals surface area contributed by atoms with Gasteiger partial charge in [0.1, 0.15) is 23.4 Å². The van der Waals surface area contributed by atoms with Gasteiger partial charge >= 0.3 is 5.97 Å². The molecular formula is C17H22N6O4S. The first-order chi connectivity index (χ1) is 13.3. The summed E-state index contributed by atoms with van der Waals surface area (Å²) in [7, 11) is 0. The summed E-state index contributed by atoms with van der Waals surface area (Å²) in [5.41, 5.74) is 6.84. The third-order valence-corrected chi connectivity index (χ3v) is 4.97. The second-order valence-electron chi connectivity index (χ2n) is 5.82. The van der Waals surface area contributed by atoms with Crippen LogP contribution < -0.4 is 11.1 Å². The van der Waals surface area contributed by atoms with Gasteiger partial charge in [-0.25, -0.2) is 0 Å². The predicted octanol–water partition coefficient (Wildman–Crippen LogP) is 2.19. The zero-order valence-corrected chi connectivity index (χ0v) is 16.9. The number of hydrogen-bond acceptors (Lipinski definition) is 9. The summed E-state index contributed by atoms with van der Waals surface area (Å²) < 4.78 is 11.8. The lowest BCUT2D eigenvalue weighted by atomic mass is 10.1. The fourth-order valence-electron chi connectivity index (χ4n) is 2.54. The van der Waals surface area contributed by atoms with Crippen molar-refractivity contribution in [2.45, 2.75) is 45.3 Å². The summed E-state index contributed by atoms with van der Waals surface area (Å²) in [6.45, 7) is 7.25. The summed E-state index contributed by atoms with van der Waals surface area (Å²) >= 11 is 1.08. The molecule has 2 aromatic rings. The highest BCUT2D eigenvalue weighted by Gasteiger charge is 2.27. The maximum Gasteiger partial charge on any atom is 0.316 e. The Morgan fingerprint density at radius 1 is 1.39 bits per heavy atom. The fourth-order valence-corrected chi connectivity index (χ4v) is 3.32. The molecule has 1 atom stereocenters. The second-order valence-corrected chi connectivity index (χ2v) is 6.76. The molecular weight excluding hydrogens is 384 g/mol. The summed E-state index contributed by atoms with van der Waals surface area (Å²) in [5.74, 6) is -0.141. The zero-order valence-electron chi connectivity index (χ0n) is 16.1. The molecule has 150 valence electrons. The highest BCUT2D eigenvalue weighted by Crippen LogP contribution is 2.29. The predicted molar refractivity (Wildman–Crippen MR) is 103 cm³/mol. The number of nitriles is 1. The summed E-state index contributed by atoms with van der Waals surface area (Å²) in [6.07, 6.45) is 0.377. The molecule has 2 aromatic heterocycles. The van der Waals surface area contributed by atoms with E-state index in [4.69, 9.17) is 14.9 Å². The van der Waals surface area contributed by atoms with Crippen LogP contribution in [0.3, 0.4) is 0 Å². The number of nitrogens with two attached hydrogens (primary N) is 1. The summed E-state index contributed by atoms with van der Waals surface area (Å²) in [4.78, 5) is 24.5. The van der Waals surface area contributed by atoms with Crippen molar-refractivity contribution in [1.29, 1.82) is 5.26 Å². The van der Waals surface area contributed by atoms with Gasteiger partial charge in [0.15, 0.2) is 5.16 Å². The molecule has 2 rings (SSSR count). The minimum absolute atomic E-state index is 0.0131. The Labute approximate surface area is 166 Å². The quantitative estimate of drug-likeness (QED) is 0.497. The number of nitrogens with one attached hydrogen (secondary N) is 1. The largest absolute Gasteiger partial charge is 0.465 e. The molecule has 0 fully saturated rings. The molecule has 1 unspecified atom stereocenters. The van der Waals surface area contributed by atoms with Crippen molar-refractivity contribution in [2.24, 2.45) is 0 Å². The number of aromatic nitrogens is 3. The third-order valence-electron chi connectivity index (χ3n) is 4.05. The van der Waals surface area contributed by atoms with Crippen molar-refractivity contribution in [2.75, 3.05) is 23.4 Å². The molecule has 2 heterocycles. The van der Waals surface area contributed by atoms with E-state index in [1.807, 2.05) is 6.07 Å². The molecule has 0 saturated heterocycles. The standard InChI is InChI=1S/C17H22N6O4S/c1-5-12(14(25)20-15-11(7-18)9(3)10(4)27-15)23-16(19)21-22-17(23)28-8-13(24)26-6-2/h12H,5-6,8H2,1-4H3,(H2,19,21)(H,20,25). The number of aryl methyl sites for hydroxylation is 1. The Balaban J connectivity index is 2.24. The molecule has 0 radical (unpaired) electrons. The highest BCUT2D eigenvalue weighted by atomic mass is 32.2. The lowest BCUT2D eigenvalue weighted by Crippen LogP contribution is -2.27. The average molecular weight is 406 g/mol. The minimum Gasteiger partial charge on any atom is -0.465 e. The van der Waals surface area contributed by atoms with E-state index in [9.17, 15) is 14.9 Å². The van der Waals surface area contributed by atoms with Crippen LogP contribution in [0.4, 0.5) is 11.8 Å². The van der Waals surface area contributed by atoms with E-state index < -0.39 is 17.9 Å². The van der Waals surface area contributed by atoms with Crippen LogP contribution in [0.2, 0.25) is 0 Å². The zero-order chi connectivity index (χ0) is 20.8. The molecule has 0 aliphatic rings. The molecule has 0 spiro atoms. The average Bonchev–Trinajstić information content (AvgIpc) is 3.14. The number of furan rings is 1. The lowest BCUT2D eigenvalue weighted by molar-refractivity contribution is -0.139. The summed E-state index contributed by atoms with van der Waals surface area (Å²) in [5, 5.41) is 20.0. The van der Waals surface area contributed by atoms with Crippen molar-refractivity contribution in [3.05, 3.63) is 16.9 Å². The molecule has 1 amide bonds. The SMILES string of the molecule is CCOC(=O)CSc1nnc(N)n1C(CC)C(=O)Nc1oc(C)c(C)c1C#N. The Bertz CT molecular complexity index is 914. The van der Waals surface area contributed by atoms with Gasteiger partial charge in [0, 0.05) is 5.56 Å². The second kappa shape index (κ2) is 9.27. The molecule has 0 aliphatic carbocycles. The van der Waals surface area contributed by atoms with Crippen molar-refractivity contribution >= 4 is 35.5 Å². The number of anilines is 2. The first kappa shape index (κ1) is 21.3. The van der Waals surface area contributed by atoms with Crippen LogP contribution in [-0.4, -0.2) is 39.0 Å². The van der Waals surface area contributed by atoms with E-state index in [0.717, 1.165) is 11.8 Å². The number of nitrogens with zero attached hydrogens (tertiary/aromatic N) is 4. The van der Waals surface area contributed by atoms with E-state index in [1.54, 1.807) is 27.7 Å². The van der Waals surface area contributed by atoms with Crippen molar-refractivity contribution in [3.8, 4) is 6.07 Å². The van der Waals surface area contributed by atoms with Gasteiger partial charge in [0.2, 0.25) is 17.7 Å². The number of nitrogen functional groups attached to an aromatic ring is 1. The van der Waals surface area contributed by atoms with Crippen LogP contribution in [0, 0.1) is 25.2 Å². The van der Waals surface area contributed by atoms with Gasteiger partial charge in [-0.1, -0.05) is 18.7 Å². The molecule has 3 N–H and O–H groups in total. The number of ether oxygens (including phenoxy) is 1. The van der Waals surface area contributed by atoms with Crippen molar-refractivity contribution < 1.29 is 18.7 Å². The maximum absolute atomic E-state index is 12.9. The topological polar surface area (TPSA) is 149 Å². The molecule has 0 bridgehead atoms. The molecule has 11 heteroatoms. The van der Waals surface area contributed by atoms with E-state index in [-0.39, 0.29) is 29.8 Å². The normalized spacial score (nSPS) is 11.7. The molecule has 10 nitrogen and oxygen atoms in total. The Morgan fingerprint density at radius 2 is 2.11 bits per heavy atom. The Morgan fingerprint density at radius 3 is 2.71 bits per heavy atom. The van der Waals surface area contributed by atoms with Gasteiger partial charge in [-0.3, -0.25) is 19.5 Å². The van der Waals surface area contributed by atoms with E-state index in [1.165, 1.54) is 4.57 Å². The number of rotatable bonds is 8. The van der Waals surface area contributed by atoms with Crippen LogP contribution in [0.15, 0.2) is 9.57 Å². The van der Waals surface area contributed by atoms with Crippen LogP contribution in [0.25, 0.3) is 0 Å². The Kier molecular flexibility index (Phi) is 7.06. The fraction of sp³-hybridized carbons (Fsp3) is 0.471. The number of carbonyl (C=O) groups excluding carboxylic acids is 2. The monoisotopic (exact) mass is 406 g/mol. The van der Waals surface area contributed by atoms with E-state index in [0.29, 0.717) is 22.9 Å². The molecule has 28 heavy (non-hydrogen) atoms. The van der Waals surface area contributed by atoms with Crippen LogP contribution in [0.1, 0.15) is 43.2 Å². The van der Waals surface area contributed by atoms with Gasteiger partial charge < -0.3 is 14.9 Å². The van der Waals surface area contributed by atoms with Gasteiger partial charge in [-0.2, -0.15) is 5.26 Å². The molecule has 0 saturated carbocycles. The van der Waals surface area contributed by atoms with Gasteiger partial charge in [-0.05, 0) is 27.2 Å². The van der Waals surface area contributed by atoms with E-state index in [2.05, 4.69) is 15.5 Å². The number of amides is 1. The number of esters is 1. The summed E-state index contributed by atoms with van der Waals surface area (Å²) in [6, 6.07) is 1.28.